The second-order valence-electron chi connectivity index (χ2n) is 4.36. The van der Waals surface area contributed by atoms with Crippen molar-refractivity contribution in [2.75, 3.05) is 5.32 Å². The van der Waals surface area contributed by atoms with Crippen LogP contribution in [0, 0.1) is 0 Å². The molecule has 1 aromatic carbocycles. The first-order valence-corrected chi connectivity index (χ1v) is 9.38. The minimum atomic E-state index is 0.0831. The molecule has 2 aromatic heterocycles. The number of hydrogen-bond acceptors (Lipinski definition) is 3. The number of hydrogen-bond donors (Lipinski definition) is 1. The van der Waals surface area contributed by atoms with Crippen molar-refractivity contribution in [2.45, 2.75) is 6.04 Å². The van der Waals surface area contributed by atoms with E-state index in [4.69, 9.17) is 23.2 Å². The van der Waals surface area contributed by atoms with Crippen LogP contribution in [0.25, 0.3) is 0 Å². The van der Waals surface area contributed by atoms with Crippen LogP contribution < -0.4 is 5.32 Å². The van der Waals surface area contributed by atoms with Crippen molar-refractivity contribution in [2.24, 2.45) is 0 Å². The summed E-state index contributed by atoms with van der Waals surface area (Å²) in [6, 6.07) is 14.1. The number of anilines is 1. The lowest BCUT2D eigenvalue weighted by Gasteiger charge is -2.18. The van der Waals surface area contributed by atoms with Crippen LogP contribution in [-0.2, 0) is 0 Å². The Morgan fingerprint density at radius 3 is 2.52 bits per heavy atom. The summed E-state index contributed by atoms with van der Waals surface area (Å²) in [6.45, 7) is 0. The van der Waals surface area contributed by atoms with Gasteiger partial charge < -0.3 is 5.32 Å². The second-order valence-corrected chi connectivity index (χ2v) is 8.35. The minimum Gasteiger partial charge on any atom is -0.373 e. The van der Waals surface area contributed by atoms with Crippen LogP contribution in [0.2, 0.25) is 9.36 Å². The van der Waals surface area contributed by atoms with E-state index in [-0.39, 0.29) is 6.04 Å². The molecule has 3 aromatic rings. The third-order valence-corrected chi connectivity index (χ3v) is 6.40. The Bertz CT molecular complexity index is 740. The Labute approximate surface area is 149 Å². The zero-order chi connectivity index (χ0) is 14.8. The van der Waals surface area contributed by atoms with Gasteiger partial charge in [0.05, 0.1) is 15.4 Å². The molecule has 21 heavy (non-hydrogen) atoms. The quantitative estimate of drug-likeness (QED) is 0.477. The van der Waals surface area contributed by atoms with Crippen molar-refractivity contribution in [3.8, 4) is 0 Å². The van der Waals surface area contributed by atoms with E-state index in [0.29, 0.717) is 5.02 Å². The fourth-order valence-corrected chi connectivity index (χ4v) is 4.40. The first kappa shape index (κ1) is 15.4. The average Bonchev–Trinajstić information content (AvgIpc) is 3.11. The van der Waals surface area contributed by atoms with Gasteiger partial charge in [-0.3, -0.25) is 0 Å². The Kier molecular flexibility index (Phi) is 4.92. The van der Waals surface area contributed by atoms with Crippen molar-refractivity contribution in [3.63, 3.8) is 0 Å². The number of nitrogens with one attached hydrogen (secondary N) is 1. The molecule has 0 bridgehead atoms. The van der Waals surface area contributed by atoms with Crippen LogP contribution in [0.4, 0.5) is 5.69 Å². The highest BCUT2D eigenvalue weighted by Crippen LogP contribution is 2.36. The van der Waals surface area contributed by atoms with Gasteiger partial charge in [-0.2, -0.15) is 0 Å². The van der Waals surface area contributed by atoms with E-state index in [9.17, 15) is 0 Å². The summed E-state index contributed by atoms with van der Waals surface area (Å²) in [7, 11) is 0. The van der Waals surface area contributed by atoms with Crippen LogP contribution in [0.5, 0.6) is 0 Å². The maximum atomic E-state index is 6.17. The lowest BCUT2D eigenvalue weighted by atomic mass is 10.2. The molecule has 3 rings (SSSR count). The van der Waals surface area contributed by atoms with E-state index in [2.05, 4.69) is 44.8 Å². The molecule has 1 atom stereocenters. The van der Waals surface area contributed by atoms with E-state index in [1.807, 2.05) is 24.3 Å². The first-order chi connectivity index (χ1) is 10.1. The number of rotatable bonds is 4. The summed E-state index contributed by atoms with van der Waals surface area (Å²) >= 11 is 19.0. The lowest BCUT2D eigenvalue weighted by Crippen LogP contribution is -2.09. The third kappa shape index (κ3) is 3.63. The molecule has 0 aliphatic rings. The molecular formula is C15H10BrCl2NS2. The highest BCUT2D eigenvalue weighted by Gasteiger charge is 2.17. The summed E-state index contributed by atoms with van der Waals surface area (Å²) in [5.41, 5.74) is 0.978. The van der Waals surface area contributed by atoms with E-state index >= 15 is 0 Å². The molecule has 0 aliphatic heterocycles. The van der Waals surface area contributed by atoms with Gasteiger partial charge in [-0.1, -0.05) is 29.3 Å². The van der Waals surface area contributed by atoms with Crippen molar-refractivity contribution in [3.05, 3.63) is 71.4 Å². The smallest absolute Gasteiger partial charge is 0.0954 e. The number of halogens is 3. The summed E-state index contributed by atoms with van der Waals surface area (Å²) in [6.07, 6.45) is 0. The van der Waals surface area contributed by atoms with E-state index in [0.717, 1.165) is 14.5 Å². The Morgan fingerprint density at radius 1 is 1.05 bits per heavy atom. The highest BCUT2D eigenvalue weighted by molar-refractivity contribution is 9.10. The van der Waals surface area contributed by atoms with Gasteiger partial charge in [-0.05, 0) is 57.7 Å². The standard InChI is InChI=1S/C15H10BrCl2NS2/c16-10-4-3-9(8-11(10)17)19-15(12-2-1-7-20-12)13-5-6-14(18)21-13/h1-8,15,19H. The zero-order valence-electron chi connectivity index (χ0n) is 10.6. The van der Waals surface area contributed by atoms with Crippen molar-refractivity contribution < 1.29 is 0 Å². The predicted octanol–water partition coefficient (Wildman–Crippen LogP) is 7.08. The Hall–Kier alpha value is -0.520. The molecular weight excluding hydrogens is 409 g/mol. The monoisotopic (exact) mass is 417 g/mol. The van der Waals surface area contributed by atoms with Crippen LogP contribution in [-0.4, -0.2) is 0 Å². The van der Waals surface area contributed by atoms with Gasteiger partial charge in [-0.15, -0.1) is 22.7 Å². The van der Waals surface area contributed by atoms with Crippen molar-refractivity contribution >= 4 is 67.5 Å². The van der Waals surface area contributed by atoms with E-state index < -0.39 is 0 Å². The molecule has 1 unspecified atom stereocenters. The summed E-state index contributed by atoms with van der Waals surface area (Å²) in [4.78, 5) is 2.43. The molecule has 0 radical (unpaired) electrons. The van der Waals surface area contributed by atoms with Crippen LogP contribution in [0.1, 0.15) is 15.8 Å². The van der Waals surface area contributed by atoms with Gasteiger partial charge in [0.2, 0.25) is 0 Å². The summed E-state index contributed by atoms with van der Waals surface area (Å²) < 4.78 is 1.68. The molecule has 0 aliphatic carbocycles. The van der Waals surface area contributed by atoms with Crippen LogP contribution in [0.3, 0.4) is 0 Å². The topological polar surface area (TPSA) is 12.0 Å². The largest absolute Gasteiger partial charge is 0.373 e. The van der Waals surface area contributed by atoms with Gasteiger partial charge in [0, 0.05) is 19.9 Å². The van der Waals surface area contributed by atoms with Gasteiger partial charge >= 0.3 is 0 Å². The molecule has 0 saturated carbocycles. The number of thiophene rings is 2. The van der Waals surface area contributed by atoms with Crippen LogP contribution >= 0.6 is 61.8 Å². The van der Waals surface area contributed by atoms with Gasteiger partial charge in [0.15, 0.2) is 0 Å². The maximum absolute atomic E-state index is 6.17. The fraction of sp³-hybridized carbons (Fsp3) is 0.0667. The van der Waals surface area contributed by atoms with Gasteiger partial charge in [0.1, 0.15) is 0 Å². The normalized spacial score (nSPS) is 12.3. The fourth-order valence-electron chi connectivity index (χ4n) is 1.97. The van der Waals surface area contributed by atoms with Crippen molar-refractivity contribution in [1.82, 2.24) is 0 Å². The second kappa shape index (κ2) is 6.71. The molecule has 0 fully saturated rings. The summed E-state index contributed by atoms with van der Waals surface area (Å²) in [5.74, 6) is 0. The Morgan fingerprint density at radius 2 is 1.90 bits per heavy atom. The molecule has 1 N–H and O–H groups in total. The van der Waals surface area contributed by atoms with Crippen molar-refractivity contribution in [1.29, 1.82) is 0 Å². The highest BCUT2D eigenvalue weighted by atomic mass is 79.9. The molecule has 1 nitrogen and oxygen atoms in total. The van der Waals surface area contributed by atoms with Gasteiger partial charge in [0.25, 0.3) is 0 Å². The molecule has 6 heteroatoms. The maximum Gasteiger partial charge on any atom is 0.0954 e. The van der Waals surface area contributed by atoms with E-state index in [1.165, 1.54) is 9.75 Å². The Balaban J connectivity index is 1.94. The SMILES string of the molecule is Clc1ccc(C(Nc2ccc(Br)c(Cl)c2)c2cccs2)s1. The van der Waals surface area contributed by atoms with E-state index in [1.54, 1.807) is 22.7 Å². The lowest BCUT2D eigenvalue weighted by molar-refractivity contribution is 0.993. The average molecular weight is 419 g/mol. The third-order valence-electron chi connectivity index (χ3n) is 2.94. The zero-order valence-corrected chi connectivity index (χ0v) is 15.4. The molecule has 0 amide bonds. The first-order valence-electron chi connectivity index (χ1n) is 6.14. The van der Waals surface area contributed by atoms with Crippen LogP contribution in [0.15, 0.2) is 52.3 Å². The summed E-state index contributed by atoms with van der Waals surface area (Å²) in [5, 5.41) is 6.30. The number of benzene rings is 1. The molecule has 2 heterocycles. The molecule has 0 saturated heterocycles. The molecule has 0 spiro atoms. The predicted molar refractivity (Wildman–Crippen MR) is 98.3 cm³/mol. The molecule has 108 valence electrons. The van der Waals surface area contributed by atoms with Gasteiger partial charge in [-0.25, -0.2) is 0 Å². The minimum absolute atomic E-state index is 0.0831.